The number of hydrogen-bond acceptors (Lipinski definition) is 0. The predicted octanol–water partition coefficient (Wildman–Crippen LogP) is 4.73. The summed E-state index contributed by atoms with van der Waals surface area (Å²) in [5.41, 5.74) is 6.27. The second-order valence-electron chi connectivity index (χ2n) is 4.01. The fourth-order valence-electron chi connectivity index (χ4n) is 2.39. The summed E-state index contributed by atoms with van der Waals surface area (Å²) in [6.07, 6.45) is 0.942. The summed E-state index contributed by atoms with van der Waals surface area (Å²) in [5, 5.41) is 0. The quantitative estimate of drug-likeness (QED) is 0.547. The van der Waals surface area contributed by atoms with Crippen molar-refractivity contribution >= 4 is 23.2 Å². The van der Waals surface area contributed by atoms with Crippen LogP contribution in [-0.2, 0) is 6.42 Å². The highest BCUT2D eigenvalue weighted by Crippen LogP contribution is 2.41. The van der Waals surface area contributed by atoms with Gasteiger partial charge in [0, 0.05) is 0 Å². The highest BCUT2D eigenvalue weighted by molar-refractivity contribution is 6.44. The van der Waals surface area contributed by atoms with Gasteiger partial charge in [0.05, 0.1) is 0 Å². The third-order valence-corrected chi connectivity index (χ3v) is 3.59. The van der Waals surface area contributed by atoms with Gasteiger partial charge in [-0.05, 0) is 34.2 Å². The van der Waals surface area contributed by atoms with E-state index in [2.05, 4.69) is 30.3 Å². The van der Waals surface area contributed by atoms with Crippen molar-refractivity contribution in [3.8, 4) is 11.1 Å². The van der Waals surface area contributed by atoms with Crippen LogP contribution in [0.5, 0.6) is 0 Å². The third kappa shape index (κ3) is 1.45. The summed E-state index contributed by atoms with van der Waals surface area (Å²) < 4.78 is 0. The average Bonchev–Trinajstić information content (AvgIpc) is 2.67. The molecule has 0 aromatic heterocycles. The maximum atomic E-state index is 6.00. The van der Waals surface area contributed by atoms with E-state index in [0.29, 0.717) is 0 Å². The van der Waals surface area contributed by atoms with Gasteiger partial charge in [-0.2, -0.15) is 0 Å². The average molecular weight is 249 g/mol. The number of benzene rings is 2. The second kappa shape index (κ2) is 3.80. The molecule has 0 fully saturated rings. The molecule has 1 aliphatic carbocycles. The zero-order valence-corrected chi connectivity index (χ0v) is 10.1. The normalized spacial score (nSPS) is 12.7. The van der Waals surface area contributed by atoms with E-state index in [1.165, 1.54) is 22.3 Å². The van der Waals surface area contributed by atoms with Crippen LogP contribution in [0.4, 0.5) is 0 Å². The molecular weight excluding hydrogens is 239 g/mol. The van der Waals surface area contributed by atoms with Gasteiger partial charge in [0.25, 0.3) is 0 Å². The van der Waals surface area contributed by atoms with Gasteiger partial charge in [0.1, 0.15) is 4.84 Å². The fourth-order valence-corrected chi connectivity index (χ4v) is 2.80. The maximum absolute atomic E-state index is 6.00. The van der Waals surface area contributed by atoms with Gasteiger partial charge < -0.3 is 0 Å². The summed E-state index contributed by atoms with van der Waals surface area (Å²) in [7, 11) is 0. The van der Waals surface area contributed by atoms with Crippen LogP contribution >= 0.6 is 23.2 Å². The van der Waals surface area contributed by atoms with Crippen molar-refractivity contribution in [2.24, 2.45) is 0 Å². The molecule has 80 valence electrons. The molecule has 2 aromatic carbocycles. The van der Waals surface area contributed by atoms with Gasteiger partial charge in [0.2, 0.25) is 0 Å². The lowest BCUT2D eigenvalue weighted by Crippen LogP contribution is -1.91. The molecule has 16 heavy (non-hydrogen) atoms. The van der Waals surface area contributed by atoms with Crippen LogP contribution in [0.3, 0.4) is 0 Å². The van der Waals surface area contributed by atoms with E-state index < -0.39 is 4.84 Å². The van der Waals surface area contributed by atoms with Crippen LogP contribution in [0.15, 0.2) is 42.5 Å². The first-order chi connectivity index (χ1) is 7.77. The number of halogens is 2. The number of rotatable bonds is 1. The van der Waals surface area contributed by atoms with Gasteiger partial charge in [-0.25, -0.2) is 0 Å². The van der Waals surface area contributed by atoms with Crippen molar-refractivity contribution in [2.75, 3.05) is 0 Å². The van der Waals surface area contributed by atoms with Gasteiger partial charge in [-0.3, -0.25) is 0 Å². The number of fused-ring (bicyclic) bond motifs is 3. The first-order valence-electron chi connectivity index (χ1n) is 5.25. The molecular formula is C14H10Cl2. The zero-order valence-electron chi connectivity index (χ0n) is 8.58. The van der Waals surface area contributed by atoms with Crippen molar-refractivity contribution in [1.29, 1.82) is 0 Å². The van der Waals surface area contributed by atoms with Crippen LogP contribution < -0.4 is 0 Å². The lowest BCUT2D eigenvalue weighted by atomic mass is 10.0. The Kier molecular flexibility index (Phi) is 2.42. The lowest BCUT2D eigenvalue weighted by molar-refractivity contribution is 1.18. The first kappa shape index (κ1) is 10.2. The Labute approximate surface area is 105 Å². The number of hydrogen-bond donors (Lipinski definition) is 0. The van der Waals surface area contributed by atoms with E-state index in [1.807, 2.05) is 12.1 Å². The molecule has 0 amide bonds. The molecule has 0 bridgehead atoms. The van der Waals surface area contributed by atoms with Gasteiger partial charge in [-0.15, -0.1) is 23.2 Å². The minimum Gasteiger partial charge on any atom is -0.100 e. The topological polar surface area (TPSA) is 0 Å². The molecule has 0 aliphatic heterocycles. The van der Waals surface area contributed by atoms with E-state index >= 15 is 0 Å². The van der Waals surface area contributed by atoms with E-state index in [0.717, 1.165) is 12.0 Å². The van der Waals surface area contributed by atoms with Crippen molar-refractivity contribution in [2.45, 2.75) is 11.3 Å². The van der Waals surface area contributed by atoms with Crippen molar-refractivity contribution < 1.29 is 0 Å². The molecule has 0 saturated carbocycles. The Hall–Kier alpha value is -0.980. The molecule has 0 heterocycles. The number of alkyl halides is 2. The van der Waals surface area contributed by atoms with Crippen LogP contribution in [0.1, 0.15) is 21.5 Å². The molecule has 0 N–H and O–H groups in total. The van der Waals surface area contributed by atoms with Crippen molar-refractivity contribution in [3.63, 3.8) is 0 Å². The van der Waals surface area contributed by atoms with E-state index in [1.54, 1.807) is 0 Å². The first-order valence-corrected chi connectivity index (χ1v) is 6.13. The minimum absolute atomic E-state index is 0.440. The lowest BCUT2D eigenvalue weighted by Gasteiger charge is -2.08. The SMILES string of the molecule is ClC(Cl)c1cccc2c1Cc1ccccc1-2. The predicted molar refractivity (Wildman–Crippen MR) is 69.1 cm³/mol. The second-order valence-corrected chi connectivity index (χ2v) is 5.10. The van der Waals surface area contributed by atoms with Gasteiger partial charge in [-0.1, -0.05) is 42.5 Å². The van der Waals surface area contributed by atoms with Crippen LogP contribution in [0.25, 0.3) is 11.1 Å². The molecule has 0 unspecified atom stereocenters. The fraction of sp³-hybridized carbons (Fsp3) is 0.143. The van der Waals surface area contributed by atoms with Crippen LogP contribution in [-0.4, -0.2) is 0 Å². The van der Waals surface area contributed by atoms with Gasteiger partial charge in [0.15, 0.2) is 0 Å². The molecule has 1 aliphatic rings. The molecule has 0 atom stereocenters. The van der Waals surface area contributed by atoms with Gasteiger partial charge >= 0.3 is 0 Å². The Morgan fingerprint density at radius 1 is 0.875 bits per heavy atom. The molecule has 0 radical (unpaired) electrons. The van der Waals surface area contributed by atoms with Crippen LogP contribution in [0.2, 0.25) is 0 Å². The summed E-state index contributed by atoms with van der Waals surface area (Å²) in [4.78, 5) is -0.440. The summed E-state index contributed by atoms with van der Waals surface area (Å²) in [6, 6.07) is 14.6. The smallest absolute Gasteiger partial charge is 0.100 e. The summed E-state index contributed by atoms with van der Waals surface area (Å²) in [5.74, 6) is 0. The standard InChI is InChI=1S/C14H10Cl2/c15-14(16)12-7-3-6-11-10-5-2-1-4-9(10)8-13(11)12/h1-7,14H,8H2. The molecule has 3 rings (SSSR count). The van der Waals surface area contributed by atoms with Crippen molar-refractivity contribution in [1.82, 2.24) is 0 Å². The van der Waals surface area contributed by atoms with E-state index in [9.17, 15) is 0 Å². The summed E-state index contributed by atoms with van der Waals surface area (Å²) >= 11 is 12.0. The molecule has 0 spiro atoms. The molecule has 2 aromatic rings. The largest absolute Gasteiger partial charge is 0.133 e. The molecule has 0 saturated heterocycles. The van der Waals surface area contributed by atoms with Crippen LogP contribution in [0, 0.1) is 0 Å². The highest BCUT2D eigenvalue weighted by atomic mass is 35.5. The Balaban J connectivity index is 2.24. The van der Waals surface area contributed by atoms with Crippen molar-refractivity contribution in [3.05, 3.63) is 59.2 Å². The molecule has 2 heteroatoms. The maximum Gasteiger partial charge on any atom is 0.133 e. The molecule has 0 nitrogen and oxygen atoms in total. The van der Waals surface area contributed by atoms with E-state index in [-0.39, 0.29) is 0 Å². The monoisotopic (exact) mass is 248 g/mol. The Morgan fingerprint density at radius 3 is 2.44 bits per heavy atom. The highest BCUT2D eigenvalue weighted by Gasteiger charge is 2.22. The Morgan fingerprint density at radius 2 is 1.62 bits per heavy atom. The Bertz CT molecular complexity index is 544. The van der Waals surface area contributed by atoms with E-state index in [4.69, 9.17) is 23.2 Å². The minimum atomic E-state index is -0.440. The zero-order chi connectivity index (χ0) is 11.1. The third-order valence-electron chi connectivity index (χ3n) is 3.12. The summed E-state index contributed by atoms with van der Waals surface area (Å²) in [6.45, 7) is 0.